The largest absolute Gasteiger partial charge is 0.462 e. The van der Waals surface area contributed by atoms with Crippen molar-refractivity contribution >= 4 is 11.9 Å². The minimum atomic E-state index is -0.540. The molecule has 64 heavy (non-hydrogen) atoms. The highest BCUT2D eigenvalue weighted by Crippen LogP contribution is 2.16. The van der Waals surface area contributed by atoms with Gasteiger partial charge in [0.25, 0.3) is 0 Å². The Bertz CT molecular complexity index is 1060. The van der Waals surface area contributed by atoms with E-state index in [1.165, 1.54) is 205 Å². The number of hydrogen-bond donors (Lipinski definition) is 0. The summed E-state index contributed by atoms with van der Waals surface area (Å²) in [7, 11) is 0. The molecule has 0 aliphatic rings. The van der Waals surface area contributed by atoms with Crippen molar-refractivity contribution in [2.24, 2.45) is 0 Å². The highest BCUT2D eigenvalue weighted by atomic mass is 16.6. The van der Waals surface area contributed by atoms with Gasteiger partial charge in [-0.1, -0.05) is 249 Å². The van der Waals surface area contributed by atoms with Gasteiger partial charge in [0.1, 0.15) is 6.61 Å². The van der Waals surface area contributed by atoms with E-state index < -0.39 is 6.10 Å². The van der Waals surface area contributed by atoms with Crippen molar-refractivity contribution in [3.05, 3.63) is 48.6 Å². The Morgan fingerprint density at radius 3 is 1.12 bits per heavy atom. The van der Waals surface area contributed by atoms with E-state index in [9.17, 15) is 9.59 Å². The highest BCUT2D eigenvalue weighted by molar-refractivity contribution is 5.70. The standard InChI is InChI=1S/C59H108O5/c1-4-7-10-13-16-19-22-25-28-29-30-31-33-34-37-40-43-46-49-52-58(60)63-56-57(55-62-54-51-48-45-42-39-36-27-24-21-18-15-12-9-6-3)64-59(61)53-50-47-44-41-38-35-32-26-23-20-17-14-11-8-5-2/h12,15-16,19,21,24-25,28,57H,4-11,13-14,17-18,20,22-23,26-27,29-56H2,1-3H3/b15-12-,19-16-,24-21-,28-25-. The van der Waals surface area contributed by atoms with Crippen molar-refractivity contribution in [2.75, 3.05) is 19.8 Å². The average molecular weight is 898 g/mol. The molecule has 374 valence electrons. The summed E-state index contributed by atoms with van der Waals surface area (Å²) in [5.41, 5.74) is 0. The van der Waals surface area contributed by atoms with Crippen LogP contribution in [-0.2, 0) is 23.8 Å². The van der Waals surface area contributed by atoms with Gasteiger partial charge in [-0.25, -0.2) is 0 Å². The molecule has 1 unspecified atom stereocenters. The van der Waals surface area contributed by atoms with Gasteiger partial charge >= 0.3 is 11.9 Å². The van der Waals surface area contributed by atoms with Gasteiger partial charge in [-0.05, 0) is 77.0 Å². The predicted molar refractivity (Wildman–Crippen MR) is 279 cm³/mol. The summed E-state index contributed by atoms with van der Waals surface area (Å²) in [5, 5.41) is 0. The Morgan fingerprint density at radius 1 is 0.344 bits per heavy atom. The molecule has 0 saturated carbocycles. The molecular weight excluding hydrogens is 789 g/mol. The number of rotatable bonds is 52. The van der Waals surface area contributed by atoms with Crippen molar-refractivity contribution in [1.82, 2.24) is 0 Å². The first kappa shape index (κ1) is 61.9. The minimum Gasteiger partial charge on any atom is -0.462 e. The zero-order valence-electron chi connectivity index (χ0n) is 43.1. The Hall–Kier alpha value is -2.14. The monoisotopic (exact) mass is 897 g/mol. The number of unbranched alkanes of at least 4 members (excludes halogenated alkanes) is 33. The molecule has 0 fully saturated rings. The number of ether oxygens (including phenoxy) is 3. The van der Waals surface area contributed by atoms with Crippen LogP contribution in [0.2, 0.25) is 0 Å². The van der Waals surface area contributed by atoms with E-state index in [0.29, 0.717) is 19.4 Å². The summed E-state index contributed by atoms with van der Waals surface area (Å²) in [6.45, 7) is 7.76. The van der Waals surface area contributed by atoms with Gasteiger partial charge in [-0.15, -0.1) is 0 Å². The van der Waals surface area contributed by atoms with Crippen LogP contribution in [0.25, 0.3) is 0 Å². The molecule has 0 aromatic carbocycles. The molecule has 5 heteroatoms. The molecule has 5 nitrogen and oxygen atoms in total. The van der Waals surface area contributed by atoms with Crippen LogP contribution in [0.4, 0.5) is 0 Å². The molecule has 0 aromatic heterocycles. The second-order valence-electron chi connectivity index (χ2n) is 18.8. The lowest BCUT2D eigenvalue weighted by Crippen LogP contribution is -2.30. The Labute approximate surface area is 399 Å². The fraction of sp³-hybridized carbons (Fsp3) is 0.831. The second kappa shape index (κ2) is 55.2. The van der Waals surface area contributed by atoms with Crippen LogP contribution in [0, 0.1) is 0 Å². The van der Waals surface area contributed by atoms with Gasteiger partial charge < -0.3 is 14.2 Å². The molecule has 0 N–H and O–H groups in total. The second-order valence-corrected chi connectivity index (χ2v) is 18.8. The van der Waals surface area contributed by atoms with E-state index in [4.69, 9.17) is 14.2 Å². The van der Waals surface area contributed by atoms with Crippen LogP contribution in [0.1, 0.15) is 290 Å². The van der Waals surface area contributed by atoms with E-state index in [-0.39, 0.29) is 25.2 Å². The van der Waals surface area contributed by atoms with Crippen LogP contribution in [0.3, 0.4) is 0 Å². The lowest BCUT2D eigenvalue weighted by Gasteiger charge is -2.18. The topological polar surface area (TPSA) is 61.8 Å². The highest BCUT2D eigenvalue weighted by Gasteiger charge is 2.17. The first-order valence-electron chi connectivity index (χ1n) is 28.2. The molecule has 0 bridgehead atoms. The van der Waals surface area contributed by atoms with E-state index >= 15 is 0 Å². The summed E-state index contributed by atoms with van der Waals surface area (Å²) in [6, 6.07) is 0. The fourth-order valence-electron chi connectivity index (χ4n) is 8.11. The first-order chi connectivity index (χ1) is 31.6. The lowest BCUT2D eigenvalue weighted by atomic mass is 10.0. The SMILES string of the molecule is CCC/C=C\C/C=C\CCCCCCCCOCC(COC(=O)CCCCCCCCCCC/C=C\C/C=C\CCCCC)OC(=O)CCCCCCCCCCCCCCCCC. The molecule has 0 spiro atoms. The minimum absolute atomic E-state index is 0.0822. The molecule has 1 atom stereocenters. The van der Waals surface area contributed by atoms with E-state index in [2.05, 4.69) is 69.4 Å². The lowest BCUT2D eigenvalue weighted by molar-refractivity contribution is -0.163. The molecule has 0 aromatic rings. The quantitative estimate of drug-likeness (QED) is 0.0346. The van der Waals surface area contributed by atoms with E-state index in [0.717, 1.165) is 51.4 Å². The maximum atomic E-state index is 12.8. The van der Waals surface area contributed by atoms with E-state index in [1.807, 2.05) is 0 Å². The van der Waals surface area contributed by atoms with Crippen molar-refractivity contribution in [2.45, 2.75) is 297 Å². The Balaban J connectivity index is 4.24. The van der Waals surface area contributed by atoms with Gasteiger partial charge in [-0.2, -0.15) is 0 Å². The smallest absolute Gasteiger partial charge is 0.306 e. The van der Waals surface area contributed by atoms with Crippen molar-refractivity contribution in [3.63, 3.8) is 0 Å². The number of allylic oxidation sites excluding steroid dienone is 8. The molecule has 0 radical (unpaired) electrons. The Kier molecular flexibility index (Phi) is 53.3. The van der Waals surface area contributed by atoms with Crippen LogP contribution < -0.4 is 0 Å². The molecule has 0 aliphatic heterocycles. The van der Waals surface area contributed by atoms with Crippen LogP contribution >= 0.6 is 0 Å². The third-order valence-corrected chi connectivity index (χ3v) is 12.3. The summed E-state index contributed by atoms with van der Waals surface area (Å²) in [4.78, 5) is 25.5. The molecule has 0 aliphatic carbocycles. The summed E-state index contributed by atoms with van der Waals surface area (Å²) < 4.78 is 17.5. The number of carbonyl (C=O) groups excluding carboxylic acids is 2. The number of hydrogen-bond acceptors (Lipinski definition) is 5. The van der Waals surface area contributed by atoms with Gasteiger partial charge in [-0.3, -0.25) is 9.59 Å². The van der Waals surface area contributed by atoms with Crippen molar-refractivity contribution in [1.29, 1.82) is 0 Å². The van der Waals surface area contributed by atoms with Crippen molar-refractivity contribution in [3.8, 4) is 0 Å². The summed E-state index contributed by atoms with van der Waals surface area (Å²) >= 11 is 0. The third-order valence-electron chi connectivity index (χ3n) is 12.3. The molecule has 0 rings (SSSR count). The average Bonchev–Trinajstić information content (AvgIpc) is 3.30. The third kappa shape index (κ3) is 52.5. The van der Waals surface area contributed by atoms with Gasteiger partial charge in [0.05, 0.1) is 6.61 Å². The molecular formula is C59H108O5. The molecule has 0 heterocycles. The van der Waals surface area contributed by atoms with Crippen LogP contribution in [0.5, 0.6) is 0 Å². The predicted octanol–water partition coefficient (Wildman–Crippen LogP) is 19.1. The fourth-order valence-corrected chi connectivity index (χ4v) is 8.11. The Morgan fingerprint density at radius 2 is 0.688 bits per heavy atom. The normalized spacial score (nSPS) is 12.5. The van der Waals surface area contributed by atoms with E-state index in [1.54, 1.807) is 0 Å². The molecule has 0 saturated heterocycles. The number of esters is 2. The number of carbonyl (C=O) groups is 2. The van der Waals surface area contributed by atoms with Crippen LogP contribution in [-0.4, -0.2) is 37.9 Å². The van der Waals surface area contributed by atoms with Gasteiger partial charge in [0, 0.05) is 19.4 Å². The first-order valence-corrected chi connectivity index (χ1v) is 28.2. The zero-order chi connectivity index (χ0) is 46.3. The zero-order valence-corrected chi connectivity index (χ0v) is 43.1. The summed E-state index contributed by atoms with van der Waals surface area (Å²) in [5.74, 6) is -0.393. The van der Waals surface area contributed by atoms with Crippen LogP contribution in [0.15, 0.2) is 48.6 Å². The van der Waals surface area contributed by atoms with Gasteiger partial charge in [0.2, 0.25) is 0 Å². The molecule has 0 amide bonds. The summed E-state index contributed by atoms with van der Waals surface area (Å²) in [6.07, 6.45) is 68.4. The maximum absolute atomic E-state index is 12.8. The maximum Gasteiger partial charge on any atom is 0.306 e. The van der Waals surface area contributed by atoms with Crippen molar-refractivity contribution < 1.29 is 23.8 Å². The van der Waals surface area contributed by atoms with Gasteiger partial charge in [0.15, 0.2) is 6.10 Å².